The minimum Gasteiger partial charge on any atom is -0.341 e. The number of aromatic nitrogens is 1. The first kappa shape index (κ1) is 15.9. The fraction of sp³-hybridized carbons (Fsp3) is 0.389. The van der Waals surface area contributed by atoms with Crippen LogP contribution >= 0.6 is 0 Å². The molecule has 0 radical (unpaired) electrons. The number of benzene rings is 1. The highest BCUT2D eigenvalue weighted by Gasteiger charge is 2.12. The number of rotatable bonds is 6. The van der Waals surface area contributed by atoms with Crippen LogP contribution in [-0.2, 0) is 0 Å². The van der Waals surface area contributed by atoms with Gasteiger partial charge in [-0.25, -0.2) is 4.39 Å². The Hall–Kier alpha value is -1.98. The zero-order valence-electron chi connectivity index (χ0n) is 13.3. The predicted octanol–water partition coefficient (Wildman–Crippen LogP) is 2.65. The third kappa shape index (κ3) is 4.50. The van der Waals surface area contributed by atoms with Gasteiger partial charge in [0.25, 0.3) is 0 Å². The van der Waals surface area contributed by atoms with E-state index in [1.54, 1.807) is 12.4 Å². The van der Waals surface area contributed by atoms with Crippen molar-refractivity contribution in [1.82, 2.24) is 15.2 Å². The van der Waals surface area contributed by atoms with Crippen LogP contribution in [0.2, 0.25) is 0 Å². The smallest absolute Gasteiger partial charge is 0.123 e. The summed E-state index contributed by atoms with van der Waals surface area (Å²) in [6, 6.07) is 10.7. The number of nitrogens with one attached hydrogen (secondary N) is 1. The van der Waals surface area contributed by atoms with Gasteiger partial charge in [-0.2, -0.15) is 0 Å². The van der Waals surface area contributed by atoms with E-state index in [4.69, 9.17) is 0 Å². The van der Waals surface area contributed by atoms with E-state index >= 15 is 0 Å². The molecule has 0 amide bonds. The number of pyridine rings is 1. The second-order valence-corrected chi connectivity index (χ2v) is 5.78. The van der Waals surface area contributed by atoms with E-state index in [2.05, 4.69) is 20.1 Å². The monoisotopic (exact) mass is 314 g/mol. The van der Waals surface area contributed by atoms with E-state index in [0.717, 1.165) is 57.1 Å². The van der Waals surface area contributed by atoms with Crippen molar-refractivity contribution in [3.8, 4) is 0 Å². The molecule has 3 rings (SSSR count). The molecule has 5 heteroatoms. The first-order chi connectivity index (χ1) is 11.3. The molecule has 23 heavy (non-hydrogen) atoms. The summed E-state index contributed by atoms with van der Waals surface area (Å²) in [6.07, 6.45) is 4.66. The molecule has 0 unspecified atom stereocenters. The van der Waals surface area contributed by atoms with E-state index < -0.39 is 0 Å². The molecule has 0 aliphatic carbocycles. The summed E-state index contributed by atoms with van der Waals surface area (Å²) < 4.78 is 13.2. The van der Waals surface area contributed by atoms with Crippen LogP contribution in [0.3, 0.4) is 0 Å². The molecule has 0 spiro atoms. The van der Waals surface area contributed by atoms with Crippen LogP contribution < -0.4 is 10.2 Å². The maximum atomic E-state index is 13.2. The Bertz CT molecular complexity index is 582. The third-order valence-electron chi connectivity index (χ3n) is 4.18. The number of halogens is 1. The minimum absolute atomic E-state index is 0.204. The van der Waals surface area contributed by atoms with Crippen molar-refractivity contribution in [3.05, 3.63) is 54.6 Å². The molecule has 0 atom stereocenters. The Labute approximate surface area is 136 Å². The molecule has 1 N–H and O–H groups in total. The van der Waals surface area contributed by atoms with Crippen molar-refractivity contribution in [1.29, 1.82) is 0 Å². The maximum Gasteiger partial charge on any atom is 0.123 e. The van der Waals surface area contributed by atoms with E-state index in [-0.39, 0.29) is 5.82 Å². The fourth-order valence-electron chi connectivity index (χ4n) is 2.94. The molecule has 1 aromatic carbocycles. The highest BCUT2D eigenvalue weighted by Crippen LogP contribution is 2.25. The Morgan fingerprint density at radius 1 is 1.00 bits per heavy atom. The summed E-state index contributed by atoms with van der Waals surface area (Å²) in [5, 5.41) is 3.38. The van der Waals surface area contributed by atoms with Crippen LogP contribution in [0.15, 0.2) is 48.8 Å². The van der Waals surface area contributed by atoms with Crippen molar-refractivity contribution < 1.29 is 4.39 Å². The average molecular weight is 314 g/mol. The van der Waals surface area contributed by atoms with Gasteiger partial charge in [-0.1, -0.05) is 0 Å². The highest BCUT2D eigenvalue weighted by molar-refractivity contribution is 5.62. The lowest BCUT2D eigenvalue weighted by Gasteiger charge is -2.29. The van der Waals surface area contributed by atoms with Gasteiger partial charge < -0.3 is 15.1 Å². The predicted molar refractivity (Wildman–Crippen MR) is 91.6 cm³/mol. The van der Waals surface area contributed by atoms with Gasteiger partial charge in [0, 0.05) is 56.5 Å². The van der Waals surface area contributed by atoms with Crippen LogP contribution in [0.25, 0.3) is 0 Å². The van der Waals surface area contributed by atoms with Crippen molar-refractivity contribution in [2.75, 3.05) is 44.2 Å². The first-order valence-corrected chi connectivity index (χ1v) is 8.19. The Balaban J connectivity index is 1.66. The normalized spacial score (nSPS) is 15.5. The number of anilines is 2. The lowest BCUT2D eigenvalue weighted by Crippen LogP contribution is -2.44. The highest BCUT2D eigenvalue weighted by atomic mass is 19.1. The molecular formula is C18H23FN4. The Morgan fingerprint density at radius 2 is 1.65 bits per heavy atom. The van der Waals surface area contributed by atoms with Gasteiger partial charge in [0.05, 0.1) is 0 Å². The van der Waals surface area contributed by atoms with Crippen LogP contribution in [0.1, 0.15) is 6.42 Å². The van der Waals surface area contributed by atoms with E-state index in [1.165, 1.54) is 12.1 Å². The molecule has 2 aromatic rings. The summed E-state index contributed by atoms with van der Waals surface area (Å²) in [5.41, 5.74) is 2.10. The van der Waals surface area contributed by atoms with Crippen molar-refractivity contribution in [3.63, 3.8) is 0 Å². The quantitative estimate of drug-likeness (QED) is 0.888. The number of hydrogen-bond acceptors (Lipinski definition) is 4. The zero-order valence-corrected chi connectivity index (χ0v) is 13.3. The molecule has 0 bridgehead atoms. The van der Waals surface area contributed by atoms with Gasteiger partial charge in [-0.15, -0.1) is 0 Å². The zero-order chi connectivity index (χ0) is 15.9. The second kappa shape index (κ2) is 8.04. The van der Waals surface area contributed by atoms with Crippen molar-refractivity contribution >= 4 is 11.4 Å². The summed E-state index contributed by atoms with van der Waals surface area (Å²) in [4.78, 5) is 8.80. The lowest BCUT2D eigenvalue weighted by atomic mass is 10.2. The number of nitrogens with zero attached hydrogens (tertiary/aromatic N) is 3. The second-order valence-electron chi connectivity index (χ2n) is 5.78. The topological polar surface area (TPSA) is 31.4 Å². The van der Waals surface area contributed by atoms with Gasteiger partial charge >= 0.3 is 0 Å². The third-order valence-corrected chi connectivity index (χ3v) is 4.18. The molecule has 2 heterocycles. The average Bonchev–Trinajstić information content (AvgIpc) is 2.61. The summed E-state index contributed by atoms with van der Waals surface area (Å²) in [6.45, 7) is 6.37. The first-order valence-electron chi connectivity index (χ1n) is 8.19. The lowest BCUT2D eigenvalue weighted by molar-refractivity contribution is 0.240. The van der Waals surface area contributed by atoms with Gasteiger partial charge in [-0.05, 0) is 49.4 Å². The molecule has 1 aromatic heterocycles. The maximum absolute atomic E-state index is 13.2. The van der Waals surface area contributed by atoms with E-state index in [1.807, 2.05) is 24.3 Å². The molecular weight excluding hydrogens is 291 g/mol. The van der Waals surface area contributed by atoms with Gasteiger partial charge in [0.1, 0.15) is 5.82 Å². The van der Waals surface area contributed by atoms with Gasteiger partial charge in [0.15, 0.2) is 0 Å². The molecule has 4 nitrogen and oxygen atoms in total. The Kier molecular flexibility index (Phi) is 5.56. The molecule has 1 aliphatic heterocycles. The van der Waals surface area contributed by atoms with Crippen molar-refractivity contribution in [2.45, 2.75) is 6.42 Å². The summed E-state index contributed by atoms with van der Waals surface area (Å²) in [7, 11) is 0. The number of piperazine rings is 1. The standard InChI is InChI=1S/C18H23FN4/c19-16-2-4-17(5-3-16)23(18-6-8-20-9-7-18)13-1-12-22-14-10-21-11-15-22/h2-9,21H,1,10-15H2. The summed E-state index contributed by atoms with van der Waals surface area (Å²) >= 11 is 0. The molecule has 1 aliphatic rings. The van der Waals surface area contributed by atoms with Gasteiger partial charge in [0.2, 0.25) is 0 Å². The Morgan fingerprint density at radius 3 is 2.35 bits per heavy atom. The minimum atomic E-state index is -0.204. The van der Waals surface area contributed by atoms with E-state index in [9.17, 15) is 4.39 Å². The van der Waals surface area contributed by atoms with Crippen molar-refractivity contribution in [2.24, 2.45) is 0 Å². The molecule has 0 saturated carbocycles. The largest absolute Gasteiger partial charge is 0.341 e. The fourth-order valence-corrected chi connectivity index (χ4v) is 2.94. The van der Waals surface area contributed by atoms with Gasteiger partial charge in [-0.3, -0.25) is 4.98 Å². The van der Waals surface area contributed by atoms with Crippen LogP contribution in [0.5, 0.6) is 0 Å². The molecule has 1 saturated heterocycles. The SMILES string of the molecule is Fc1ccc(N(CCCN2CCNCC2)c2ccncc2)cc1. The van der Waals surface area contributed by atoms with Crippen LogP contribution in [-0.4, -0.2) is 49.2 Å². The van der Waals surface area contributed by atoms with Crippen LogP contribution in [0.4, 0.5) is 15.8 Å². The van der Waals surface area contributed by atoms with Crippen LogP contribution in [0, 0.1) is 5.82 Å². The molecule has 122 valence electrons. The molecule has 1 fully saturated rings. The van der Waals surface area contributed by atoms with E-state index in [0.29, 0.717) is 0 Å². The summed E-state index contributed by atoms with van der Waals surface area (Å²) in [5.74, 6) is -0.204. The number of hydrogen-bond donors (Lipinski definition) is 1.